The molecule has 0 N–H and O–H groups in total. The second-order valence-corrected chi connectivity index (χ2v) is 4.17. The standard InChI is InChI=1S/C10H20/c1-5-9-7-10(4,6-2)8(9)3/h8-9H,5-7H2,1-4H3. The van der Waals surface area contributed by atoms with Crippen molar-refractivity contribution >= 4 is 0 Å². The topological polar surface area (TPSA) is 0 Å². The molecule has 3 unspecified atom stereocenters. The fraction of sp³-hybridized carbons (Fsp3) is 1.00. The van der Waals surface area contributed by atoms with E-state index in [2.05, 4.69) is 27.7 Å². The van der Waals surface area contributed by atoms with Crippen LogP contribution in [0.2, 0.25) is 0 Å². The predicted octanol–water partition coefficient (Wildman–Crippen LogP) is 3.47. The Bertz CT molecular complexity index is 117. The van der Waals surface area contributed by atoms with Crippen molar-refractivity contribution in [2.45, 2.75) is 47.0 Å². The fourth-order valence-electron chi connectivity index (χ4n) is 2.33. The molecule has 0 aromatic heterocycles. The normalized spacial score (nSPS) is 46.8. The minimum Gasteiger partial charge on any atom is -0.0651 e. The van der Waals surface area contributed by atoms with Crippen molar-refractivity contribution in [2.75, 3.05) is 0 Å². The molecule has 0 heteroatoms. The van der Waals surface area contributed by atoms with Gasteiger partial charge in [0.05, 0.1) is 0 Å². The zero-order valence-electron chi connectivity index (χ0n) is 7.78. The van der Waals surface area contributed by atoms with Gasteiger partial charge >= 0.3 is 0 Å². The second kappa shape index (κ2) is 2.56. The molecule has 0 aromatic carbocycles. The number of hydrogen-bond acceptors (Lipinski definition) is 0. The maximum absolute atomic E-state index is 2.43. The molecule has 0 bridgehead atoms. The molecule has 0 aliphatic heterocycles. The van der Waals surface area contributed by atoms with Gasteiger partial charge in [-0.1, -0.05) is 40.5 Å². The van der Waals surface area contributed by atoms with Crippen LogP contribution in [-0.4, -0.2) is 0 Å². The molecule has 0 saturated heterocycles. The molecule has 0 heterocycles. The molecule has 0 radical (unpaired) electrons. The number of hydrogen-bond donors (Lipinski definition) is 0. The molecule has 1 rings (SSSR count). The first-order valence-electron chi connectivity index (χ1n) is 4.64. The predicted molar refractivity (Wildman–Crippen MR) is 46.0 cm³/mol. The first-order chi connectivity index (χ1) is 4.64. The average Bonchev–Trinajstić information content (AvgIpc) is 1.98. The molecule has 1 fully saturated rings. The molecule has 3 atom stereocenters. The SMILES string of the molecule is CCC1CC(C)(CC)C1C. The highest BCUT2D eigenvalue weighted by Gasteiger charge is 2.44. The Morgan fingerprint density at radius 3 is 2.30 bits per heavy atom. The zero-order valence-corrected chi connectivity index (χ0v) is 7.78. The van der Waals surface area contributed by atoms with Gasteiger partial charge in [-0.2, -0.15) is 0 Å². The lowest BCUT2D eigenvalue weighted by atomic mass is 9.53. The Balaban J connectivity index is 2.44. The summed E-state index contributed by atoms with van der Waals surface area (Å²) in [7, 11) is 0. The van der Waals surface area contributed by atoms with E-state index in [9.17, 15) is 0 Å². The van der Waals surface area contributed by atoms with Crippen molar-refractivity contribution in [1.82, 2.24) is 0 Å². The van der Waals surface area contributed by atoms with E-state index in [0.29, 0.717) is 5.41 Å². The smallest absolute Gasteiger partial charge is 0.0297 e. The fourth-order valence-corrected chi connectivity index (χ4v) is 2.33. The molecule has 10 heavy (non-hydrogen) atoms. The lowest BCUT2D eigenvalue weighted by Gasteiger charge is -2.52. The highest BCUT2D eigenvalue weighted by molar-refractivity contribution is 4.94. The monoisotopic (exact) mass is 140 g/mol. The van der Waals surface area contributed by atoms with Gasteiger partial charge < -0.3 is 0 Å². The molecule has 0 aromatic rings. The van der Waals surface area contributed by atoms with Crippen LogP contribution in [0.3, 0.4) is 0 Å². The molecule has 1 saturated carbocycles. The first-order valence-corrected chi connectivity index (χ1v) is 4.64. The van der Waals surface area contributed by atoms with Gasteiger partial charge in [-0.3, -0.25) is 0 Å². The lowest BCUT2D eigenvalue weighted by Crippen LogP contribution is -2.43. The minimum absolute atomic E-state index is 0.695. The van der Waals surface area contributed by atoms with Gasteiger partial charge in [-0.05, 0) is 23.7 Å². The van der Waals surface area contributed by atoms with Crippen molar-refractivity contribution in [1.29, 1.82) is 0 Å². The van der Waals surface area contributed by atoms with Crippen LogP contribution in [0.1, 0.15) is 47.0 Å². The van der Waals surface area contributed by atoms with Crippen LogP contribution in [0.4, 0.5) is 0 Å². The van der Waals surface area contributed by atoms with E-state index in [4.69, 9.17) is 0 Å². The van der Waals surface area contributed by atoms with Crippen LogP contribution < -0.4 is 0 Å². The number of rotatable bonds is 2. The van der Waals surface area contributed by atoms with Crippen molar-refractivity contribution in [3.8, 4) is 0 Å². The summed E-state index contributed by atoms with van der Waals surface area (Å²) in [5, 5.41) is 0. The lowest BCUT2D eigenvalue weighted by molar-refractivity contribution is -0.0196. The van der Waals surface area contributed by atoms with E-state index in [0.717, 1.165) is 11.8 Å². The summed E-state index contributed by atoms with van der Waals surface area (Å²) in [6.07, 6.45) is 4.22. The summed E-state index contributed by atoms with van der Waals surface area (Å²) in [6, 6.07) is 0. The van der Waals surface area contributed by atoms with Gasteiger partial charge in [-0.25, -0.2) is 0 Å². The van der Waals surface area contributed by atoms with Gasteiger partial charge in [0.1, 0.15) is 0 Å². The van der Waals surface area contributed by atoms with E-state index in [1.54, 1.807) is 0 Å². The van der Waals surface area contributed by atoms with Crippen molar-refractivity contribution in [3.63, 3.8) is 0 Å². The van der Waals surface area contributed by atoms with Crippen molar-refractivity contribution < 1.29 is 0 Å². The maximum atomic E-state index is 2.43. The van der Waals surface area contributed by atoms with Gasteiger partial charge in [0.15, 0.2) is 0 Å². The van der Waals surface area contributed by atoms with E-state index >= 15 is 0 Å². The molecule has 0 spiro atoms. The Morgan fingerprint density at radius 1 is 1.40 bits per heavy atom. The van der Waals surface area contributed by atoms with E-state index in [-0.39, 0.29) is 0 Å². The van der Waals surface area contributed by atoms with Crippen molar-refractivity contribution in [3.05, 3.63) is 0 Å². The summed E-state index contributed by atoms with van der Waals surface area (Å²) in [5.41, 5.74) is 0.695. The molecule has 1 aliphatic rings. The van der Waals surface area contributed by atoms with Crippen LogP contribution in [0.15, 0.2) is 0 Å². The van der Waals surface area contributed by atoms with E-state index in [1.807, 2.05) is 0 Å². The quantitative estimate of drug-likeness (QED) is 0.551. The summed E-state index contributed by atoms with van der Waals surface area (Å²) in [5.74, 6) is 2.01. The highest BCUT2D eigenvalue weighted by atomic mass is 14.5. The van der Waals surface area contributed by atoms with Crippen LogP contribution in [0.25, 0.3) is 0 Å². The maximum Gasteiger partial charge on any atom is -0.0297 e. The Morgan fingerprint density at radius 2 is 2.00 bits per heavy atom. The Kier molecular flexibility index (Phi) is 2.07. The third-order valence-corrected chi connectivity index (χ3v) is 3.87. The van der Waals surface area contributed by atoms with Gasteiger partial charge in [-0.15, -0.1) is 0 Å². The molecular weight excluding hydrogens is 120 g/mol. The molecular formula is C10H20. The van der Waals surface area contributed by atoms with Crippen LogP contribution in [-0.2, 0) is 0 Å². The van der Waals surface area contributed by atoms with Gasteiger partial charge in [0.2, 0.25) is 0 Å². The highest BCUT2D eigenvalue weighted by Crippen LogP contribution is 2.53. The van der Waals surface area contributed by atoms with Gasteiger partial charge in [0.25, 0.3) is 0 Å². The van der Waals surface area contributed by atoms with E-state index in [1.165, 1.54) is 19.3 Å². The third kappa shape index (κ3) is 0.980. The summed E-state index contributed by atoms with van der Waals surface area (Å²) in [4.78, 5) is 0. The zero-order chi connectivity index (χ0) is 7.78. The Hall–Kier alpha value is 0. The Labute approximate surface area is 65.0 Å². The summed E-state index contributed by atoms with van der Waals surface area (Å²) in [6.45, 7) is 9.49. The molecule has 0 amide bonds. The first kappa shape index (κ1) is 8.10. The molecule has 1 aliphatic carbocycles. The second-order valence-electron chi connectivity index (χ2n) is 4.17. The molecule has 60 valence electrons. The third-order valence-electron chi connectivity index (χ3n) is 3.87. The van der Waals surface area contributed by atoms with Crippen LogP contribution in [0, 0.1) is 17.3 Å². The molecule has 0 nitrogen and oxygen atoms in total. The van der Waals surface area contributed by atoms with E-state index < -0.39 is 0 Å². The van der Waals surface area contributed by atoms with Crippen molar-refractivity contribution in [2.24, 2.45) is 17.3 Å². The minimum atomic E-state index is 0.695. The average molecular weight is 140 g/mol. The van der Waals surface area contributed by atoms with Crippen LogP contribution in [0.5, 0.6) is 0 Å². The summed E-state index contributed by atoms with van der Waals surface area (Å²) < 4.78 is 0. The van der Waals surface area contributed by atoms with Crippen LogP contribution >= 0.6 is 0 Å². The summed E-state index contributed by atoms with van der Waals surface area (Å²) >= 11 is 0. The van der Waals surface area contributed by atoms with Gasteiger partial charge in [0, 0.05) is 0 Å². The largest absolute Gasteiger partial charge is 0.0651 e.